The summed E-state index contributed by atoms with van der Waals surface area (Å²) in [7, 11) is 0. The molecule has 0 saturated carbocycles. The minimum atomic E-state index is 0.699. The third kappa shape index (κ3) is 3.11. The minimum Gasteiger partial charge on any atom is -0.493 e. The zero-order valence-electron chi connectivity index (χ0n) is 13.0. The number of nitrogens with one attached hydrogen (secondary N) is 1. The lowest BCUT2D eigenvalue weighted by Crippen LogP contribution is -2.22. The molecule has 1 aromatic carbocycles. The van der Waals surface area contributed by atoms with Crippen molar-refractivity contribution in [2.45, 2.75) is 40.2 Å². The van der Waals surface area contributed by atoms with Crippen LogP contribution < -0.4 is 10.1 Å². The second-order valence-corrected chi connectivity index (χ2v) is 6.82. The molecule has 3 rings (SSSR count). The maximum atomic E-state index is 6.04. The maximum absolute atomic E-state index is 6.04. The number of aryl methyl sites for hydroxylation is 2. The molecule has 0 spiro atoms. The molecule has 0 radical (unpaired) electrons. The van der Waals surface area contributed by atoms with E-state index in [1.54, 1.807) is 0 Å². The van der Waals surface area contributed by atoms with Crippen LogP contribution in [-0.4, -0.2) is 18.1 Å². The van der Waals surface area contributed by atoms with Gasteiger partial charge in [0.15, 0.2) is 0 Å². The largest absolute Gasteiger partial charge is 0.493 e. The molecule has 112 valence electrons. The molecule has 1 aliphatic rings. The Morgan fingerprint density at radius 2 is 2.05 bits per heavy atom. The normalized spacial score (nSPS) is 14.0. The van der Waals surface area contributed by atoms with Crippen LogP contribution in [-0.2, 0) is 19.4 Å². The Labute approximate surface area is 130 Å². The van der Waals surface area contributed by atoms with Crippen molar-refractivity contribution in [3.63, 3.8) is 0 Å². The first-order valence-corrected chi connectivity index (χ1v) is 8.34. The van der Waals surface area contributed by atoms with Gasteiger partial charge >= 0.3 is 0 Å². The van der Waals surface area contributed by atoms with Gasteiger partial charge < -0.3 is 10.1 Å². The van der Waals surface area contributed by atoms with Gasteiger partial charge in [-0.05, 0) is 37.5 Å². The summed E-state index contributed by atoms with van der Waals surface area (Å²) in [6.07, 6.45) is 1.95. The highest BCUT2D eigenvalue weighted by Gasteiger charge is 2.14. The van der Waals surface area contributed by atoms with Gasteiger partial charge in [0.05, 0.1) is 17.3 Å². The maximum Gasteiger partial charge on any atom is 0.125 e. The molecule has 0 saturated heterocycles. The fourth-order valence-corrected chi connectivity index (χ4v) is 3.74. The molecule has 2 heterocycles. The first-order chi connectivity index (χ1) is 10.1. The van der Waals surface area contributed by atoms with Gasteiger partial charge in [-0.2, -0.15) is 0 Å². The summed E-state index contributed by atoms with van der Waals surface area (Å²) in [5.74, 6) is 1.04. The fraction of sp³-hybridized carbons (Fsp3) is 0.471. The second-order valence-electron chi connectivity index (χ2n) is 5.66. The van der Waals surface area contributed by atoms with Crippen molar-refractivity contribution in [3.8, 4) is 5.75 Å². The zero-order chi connectivity index (χ0) is 14.8. The lowest BCUT2D eigenvalue weighted by atomic mass is 10.1. The molecule has 1 aliphatic heterocycles. The summed E-state index contributed by atoms with van der Waals surface area (Å²) in [6, 6.07) is 4.28. The molecular weight excluding hydrogens is 280 g/mol. The summed E-state index contributed by atoms with van der Waals surface area (Å²) in [5.41, 5.74) is 5.03. The standard InChI is InChI=1S/C17H22N2OS/c1-11-4-5-12(2)17(13(11)3)20-9-7-16-19-14-6-8-18-10-15(14)21-16/h4-5,18H,6-10H2,1-3H3. The number of fused-ring (bicyclic) bond motifs is 1. The van der Waals surface area contributed by atoms with Crippen molar-refractivity contribution in [2.24, 2.45) is 0 Å². The van der Waals surface area contributed by atoms with E-state index in [-0.39, 0.29) is 0 Å². The number of benzene rings is 1. The summed E-state index contributed by atoms with van der Waals surface area (Å²) in [5, 5.41) is 4.60. The number of nitrogens with zero attached hydrogens (tertiary/aromatic N) is 1. The van der Waals surface area contributed by atoms with E-state index in [2.05, 4.69) is 38.2 Å². The molecule has 0 amide bonds. The SMILES string of the molecule is Cc1ccc(C)c(OCCc2nc3c(s2)CNCC3)c1C. The molecule has 0 unspecified atom stereocenters. The van der Waals surface area contributed by atoms with Crippen LogP contribution in [0.5, 0.6) is 5.75 Å². The van der Waals surface area contributed by atoms with Crippen molar-refractivity contribution >= 4 is 11.3 Å². The van der Waals surface area contributed by atoms with E-state index in [4.69, 9.17) is 9.72 Å². The second kappa shape index (κ2) is 6.16. The molecule has 21 heavy (non-hydrogen) atoms. The van der Waals surface area contributed by atoms with Crippen LogP contribution in [0.25, 0.3) is 0 Å². The summed E-state index contributed by atoms with van der Waals surface area (Å²) in [4.78, 5) is 6.14. The number of aromatic nitrogens is 1. The highest BCUT2D eigenvalue weighted by Crippen LogP contribution is 2.26. The first kappa shape index (κ1) is 14.5. The molecule has 2 aromatic rings. The predicted molar refractivity (Wildman–Crippen MR) is 87.4 cm³/mol. The predicted octanol–water partition coefficient (Wildman–Crippen LogP) is 3.34. The third-order valence-electron chi connectivity index (χ3n) is 4.08. The molecular formula is C17H22N2OS. The fourth-order valence-electron chi connectivity index (χ4n) is 2.67. The third-order valence-corrected chi connectivity index (χ3v) is 5.24. The van der Waals surface area contributed by atoms with Gasteiger partial charge in [-0.1, -0.05) is 12.1 Å². The average Bonchev–Trinajstić information content (AvgIpc) is 2.89. The Hall–Kier alpha value is -1.39. The molecule has 0 fully saturated rings. The van der Waals surface area contributed by atoms with E-state index in [0.29, 0.717) is 6.61 Å². The lowest BCUT2D eigenvalue weighted by Gasteiger charge is -2.13. The van der Waals surface area contributed by atoms with Gasteiger partial charge in [0, 0.05) is 30.8 Å². The van der Waals surface area contributed by atoms with Gasteiger partial charge in [-0.15, -0.1) is 11.3 Å². The van der Waals surface area contributed by atoms with Crippen LogP contribution in [0.3, 0.4) is 0 Å². The van der Waals surface area contributed by atoms with E-state index < -0.39 is 0 Å². The van der Waals surface area contributed by atoms with Crippen LogP contribution in [0.2, 0.25) is 0 Å². The first-order valence-electron chi connectivity index (χ1n) is 7.53. The minimum absolute atomic E-state index is 0.699. The van der Waals surface area contributed by atoms with Crippen molar-refractivity contribution in [1.29, 1.82) is 0 Å². The molecule has 0 atom stereocenters. The molecule has 0 bridgehead atoms. The molecule has 4 heteroatoms. The average molecular weight is 302 g/mol. The highest BCUT2D eigenvalue weighted by atomic mass is 32.1. The van der Waals surface area contributed by atoms with E-state index in [1.807, 2.05) is 11.3 Å². The monoisotopic (exact) mass is 302 g/mol. The summed E-state index contributed by atoms with van der Waals surface area (Å²) in [6.45, 7) is 9.09. The lowest BCUT2D eigenvalue weighted by molar-refractivity contribution is 0.317. The topological polar surface area (TPSA) is 34.1 Å². The molecule has 1 N–H and O–H groups in total. The number of hydrogen-bond acceptors (Lipinski definition) is 4. The van der Waals surface area contributed by atoms with Crippen molar-refractivity contribution in [1.82, 2.24) is 10.3 Å². The van der Waals surface area contributed by atoms with Crippen molar-refractivity contribution in [2.75, 3.05) is 13.2 Å². The molecule has 1 aromatic heterocycles. The Morgan fingerprint density at radius 3 is 2.86 bits per heavy atom. The van der Waals surface area contributed by atoms with Gasteiger partial charge in [0.25, 0.3) is 0 Å². The van der Waals surface area contributed by atoms with Gasteiger partial charge in [0.2, 0.25) is 0 Å². The van der Waals surface area contributed by atoms with Crippen molar-refractivity contribution in [3.05, 3.63) is 44.4 Å². The Balaban J connectivity index is 1.64. The Morgan fingerprint density at radius 1 is 1.24 bits per heavy atom. The zero-order valence-corrected chi connectivity index (χ0v) is 13.8. The van der Waals surface area contributed by atoms with E-state index in [9.17, 15) is 0 Å². The highest BCUT2D eigenvalue weighted by molar-refractivity contribution is 7.11. The Kier molecular flexibility index (Phi) is 4.27. The molecule has 0 aliphatic carbocycles. The van der Waals surface area contributed by atoms with Gasteiger partial charge in [0.1, 0.15) is 5.75 Å². The number of thiazole rings is 1. The van der Waals surface area contributed by atoms with Crippen LogP contribution in [0.4, 0.5) is 0 Å². The summed E-state index contributed by atoms with van der Waals surface area (Å²) >= 11 is 1.83. The number of hydrogen-bond donors (Lipinski definition) is 1. The van der Waals surface area contributed by atoms with Gasteiger partial charge in [-0.3, -0.25) is 0 Å². The van der Waals surface area contributed by atoms with Crippen LogP contribution in [0.1, 0.15) is 32.3 Å². The van der Waals surface area contributed by atoms with E-state index in [1.165, 1.54) is 32.3 Å². The smallest absolute Gasteiger partial charge is 0.125 e. The molecule has 3 nitrogen and oxygen atoms in total. The van der Waals surface area contributed by atoms with Crippen LogP contribution >= 0.6 is 11.3 Å². The van der Waals surface area contributed by atoms with Crippen LogP contribution in [0, 0.1) is 20.8 Å². The van der Waals surface area contributed by atoms with Crippen molar-refractivity contribution < 1.29 is 4.74 Å². The van der Waals surface area contributed by atoms with Crippen LogP contribution in [0.15, 0.2) is 12.1 Å². The van der Waals surface area contributed by atoms with E-state index in [0.717, 1.165) is 31.7 Å². The number of ether oxygens (including phenoxy) is 1. The van der Waals surface area contributed by atoms with E-state index >= 15 is 0 Å². The van der Waals surface area contributed by atoms with Gasteiger partial charge in [-0.25, -0.2) is 4.98 Å². The number of rotatable bonds is 4. The Bertz CT molecular complexity index is 625. The quantitative estimate of drug-likeness (QED) is 0.940. The summed E-state index contributed by atoms with van der Waals surface area (Å²) < 4.78 is 6.04.